The molecule has 0 aromatic rings. The van der Waals surface area contributed by atoms with Gasteiger partial charge in [-0.3, -0.25) is 9.69 Å². The van der Waals surface area contributed by atoms with Crippen molar-refractivity contribution in [3.63, 3.8) is 0 Å². The third-order valence-electron chi connectivity index (χ3n) is 3.87. The maximum atomic E-state index is 11.1. The van der Waals surface area contributed by atoms with Crippen molar-refractivity contribution in [2.24, 2.45) is 5.41 Å². The molecule has 1 heterocycles. The van der Waals surface area contributed by atoms with Gasteiger partial charge >= 0.3 is 5.97 Å². The second-order valence-corrected chi connectivity index (χ2v) is 7.98. The quantitative estimate of drug-likeness (QED) is 0.762. The minimum atomic E-state index is -0.703. The second kappa shape index (κ2) is 6.02. The summed E-state index contributed by atoms with van der Waals surface area (Å²) in [4.78, 5) is 13.5. The highest BCUT2D eigenvalue weighted by atomic mass is 16.5. The predicted molar refractivity (Wildman–Crippen MR) is 81.0 cm³/mol. The summed E-state index contributed by atoms with van der Waals surface area (Å²) < 4.78 is 6.06. The van der Waals surface area contributed by atoms with Gasteiger partial charge in [-0.05, 0) is 60.9 Å². The summed E-state index contributed by atoms with van der Waals surface area (Å²) in [5, 5.41) is 9.10. The van der Waals surface area contributed by atoms with Crippen molar-refractivity contribution >= 4 is 5.97 Å². The van der Waals surface area contributed by atoms with Gasteiger partial charge < -0.3 is 9.84 Å². The van der Waals surface area contributed by atoms with Crippen LogP contribution >= 0.6 is 0 Å². The van der Waals surface area contributed by atoms with Crippen molar-refractivity contribution in [1.29, 1.82) is 0 Å². The Kier molecular flexibility index (Phi) is 5.25. The average molecular weight is 285 g/mol. The smallest absolute Gasteiger partial charge is 0.309 e. The Morgan fingerprint density at radius 3 is 2.10 bits per heavy atom. The fraction of sp³-hybridized carbons (Fsp3) is 0.938. The normalized spacial score (nSPS) is 22.7. The molecule has 4 nitrogen and oxygen atoms in total. The van der Waals surface area contributed by atoms with Crippen LogP contribution in [-0.2, 0) is 9.53 Å². The zero-order valence-electron chi connectivity index (χ0n) is 14.0. The van der Waals surface area contributed by atoms with E-state index in [1.807, 2.05) is 0 Å². The number of nitrogens with zero attached hydrogens (tertiary/aromatic N) is 1. The number of carbonyl (C=O) groups is 1. The molecule has 1 N–H and O–H groups in total. The van der Waals surface area contributed by atoms with Gasteiger partial charge in [0.05, 0.1) is 16.6 Å². The van der Waals surface area contributed by atoms with Crippen LogP contribution in [0.25, 0.3) is 0 Å². The van der Waals surface area contributed by atoms with E-state index in [-0.39, 0.29) is 11.2 Å². The van der Waals surface area contributed by atoms with Gasteiger partial charge in [-0.25, -0.2) is 0 Å². The topological polar surface area (TPSA) is 49.8 Å². The Labute approximate surface area is 123 Å². The van der Waals surface area contributed by atoms with E-state index in [1.165, 1.54) is 0 Å². The van der Waals surface area contributed by atoms with Crippen molar-refractivity contribution in [3.8, 4) is 0 Å². The van der Waals surface area contributed by atoms with Crippen LogP contribution < -0.4 is 0 Å². The highest BCUT2D eigenvalue weighted by Crippen LogP contribution is 2.29. The molecule has 118 valence electrons. The average Bonchev–Trinajstić information content (AvgIpc) is 2.19. The summed E-state index contributed by atoms with van der Waals surface area (Å²) in [6.45, 7) is 15.0. The second-order valence-electron chi connectivity index (χ2n) is 7.98. The van der Waals surface area contributed by atoms with Crippen molar-refractivity contribution in [3.05, 3.63) is 0 Å². The molecule has 4 heteroatoms. The molecule has 0 aromatic heterocycles. The molecule has 1 aliphatic heterocycles. The van der Waals surface area contributed by atoms with Gasteiger partial charge in [-0.1, -0.05) is 6.42 Å². The summed E-state index contributed by atoms with van der Waals surface area (Å²) in [5.74, 6) is -0.703. The maximum absolute atomic E-state index is 11.1. The Hall–Kier alpha value is -0.610. The van der Waals surface area contributed by atoms with Gasteiger partial charge in [0.15, 0.2) is 0 Å². The largest absolute Gasteiger partial charge is 0.481 e. The van der Waals surface area contributed by atoms with Gasteiger partial charge in [0.25, 0.3) is 0 Å². The zero-order chi connectivity index (χ0) is 15.6. The molecule has 0 radical (unpaired) electrons. The monoisotopic (exact) mass is 285 g/mol. The lowest BCUT2D eigenvalue weighted by Crippen LogP contribution is -2.57. The molecule has 0 amide bonds. The molecule has 0 aromatic carbocycles. The van der Waals surface area contributed by atoms with E-state index in [0.717, 1.165) is 38.9 Å². The van der Waals surface area contributed by atoms with Crippen molar-refractivity contribution in [1.82, 2.24) is 4.90 Å². The summed E-state index contributed by atoms with van der Waals surface area (Å²) in [7, 11) is 0. The molecular weight excluding hydrogens is 254 g/mol. The van der Waals surface area contributed by atoms with Crippen LogP contribution in [0.1, 0.15) is 60.8 Å². The first-order valence-corrected chi connectivity index (χ1v) is 7.60. The number of unbranched alkanes of at least 4 members (excludes halogenated alkanes) is 1. The third-order valence-corrected chi connectivity index (χ3v) is 3.87. The van der Waals surface area contributed by atoms with Crippen LogP contribution in [0, 0.1) is 5.41 Å². The van der Waals surface area contributed by atoms with E-state index in [4.69, 9.17) is 9.84 Å². The first-order valence-electron chi connectivity index (χ1n) is 7.60. The van der Waals surface area contributed by atoms with Crippen LogP contribution in [0.15, 0.2) is 0 Å². The lowest BCUT2D eigenvalue weighted by molar-refractivity contribution is -0.180. The van der Waals surface area contributed by atoms with Crippen molar-refractivity contribution < 1.29 is 14.6 Å². The summed E-state index contributed by atoms with van der Waals surface area (Å²) >= 11 is 0. The Bertz CT molecular complexity index is 332. The molecule has 0 aliphatic carbocycles. The van der Waals surface area contributed by atoms with Crippen molar-refractivity contribution in [2.45, 2.75) is 72.0 Å². The van der Waals surface area contributed by atoms with Gasteiger partial charge in [-0.2, -0.15) is 0 Å². The van der Waals surface area contributed by atoms with Crippen LogP contribution in [0.4, 0.5) is 0 Å². The van der Waals surface area contributed by atoms with Crippen LogP contribution in [0.5, 0.6) is 0 Å². The fourth-order valence-electron chi connectivity index (χ4n) is 3.11. The lowest BCUT2D eigenvalue weighted by atomic mass is 9.87. The number of carboxylic acids is 1. The summed E-state index contributed by atoms with van der Waals surface area (Å²) in [6.07, 6.45) is 2.74. The molecule has 1 aliphatic rings. The first kappa shape index (κ1) is 17.4. The van der Waals surface area contributed by atoms with E-state index in [1.54, 1.807) is 13.8 Å². The number of ether oxygens (including phenoxy) is 1. The maximum Gasteiger partial charge on any atom is 0.309 e. The molecule has 1 saturated heterocycles. The van der Waals surface area contributed by atoms with E-state index >= 15 is 0 Å². The summed E-state index contributed by atoms with van der Waals surface area (Å²) in [6, 6.07) is 0. The highest BCUT2D eigenvalue weighted by molar-refractivity contribution is 5.73. The number of rotatable bonds is 6. The van der Waals surface area contributed by atoms with Crippen LogP contribution in [0.3, 0.4) is 0 Å². The number of hydrogen-bond donors (Lipinski definition) is 1. The number of hydrogen-bond acceptors (Lipinski definition) is 3. The molecule has 0 atom stereocenters. The molecule has 1 fully saturated rings. The summed E-state index contributed by atoms with van der Waals surface area (Å²) in [5.41, 5.74) is -0.826. The minimum absolute atomic E-state index is 0.109. The van der Waals surface area contributed by atoms with E-state index in [2.05, 4.69) is 32.6 Å². The molecule has 1 rings (SSSR count). The predicted octanol–water partition coefficient (Wildman–Crippen LogP) is 3.16. The van der Waals surface area contributed by atoms with Crippen LogP contribution in [0.2, 0.25) is 0 Å². The molecule has 0 unspecified atom stereocenters. The van der Waals surface area contributed by atoms with E-state index in [0.29, 0.717) is 0 Å². The zero-order valence-corrected chi connectivity index (χ0v) is 14.0. The fourth-order valence-corrected chi connectivity index (χ4v) is 3.11. The lowest BCUT2D eigenvalue weighted by Gasteiger charge is -2.47. The molecule has 0 spiro atoms. The van der Waals surface area contributed by atoms with Gasteiger partial charge in [0.1, 0.15) is 0 Å². The van der Waals surface area contributed by atoms with E-state index < -0.39 is 11.4 Å². The Balaban J connectivity index is 2.37. The number of morpholine rings is 1. The van der Waals surface area contributed by atoms with Crippen LogP contribution in [-0.4, -0.2) is 46.8 Å². The van der Waals surface area contributed by atoms with E-state index in [9.17, 15) is 4.79 Å². The van der Waals surface area contributed by atoms with Crippen molar-refractivity contribution in [2.75, 3.05) is 19.6 Å². The minimum Gasteiger partial charge on any atom is -0.481 e. The van der Waals surface area contributed by atoms with Gasteiger partial charge in [-0.15, -0.1) is 0 Å². The van der Waals surface area contributed by atoms with Gasteiger partial charge in [0.2, 0.25) is 0 Å². The number of aliphatic carboxylic acids is 1. The first-order chi connectivity index (χ1) is 8.94. The SMILES string of the molecule is CC1(C)CN(CCCCC(C)(C)C(=O)O)CC(C)(C)O1. The molecule has 0 bridgehead atoms. The number of carboxylic acid groups (broad SMARTS) is 1. The standard InChI is InChI=1S/C16H31NO3/c1-14(2,13(18)19)9-7-8-10-17-11-15(3,4)20-16(5,6)12-17/h7-12H2,1-6H3,(H,18,19). The Morgan fingerprint density at radius 1 is 1.15 bits per heavy atom. The van der Waals surface area contributed by atoms with Gasteiger partial charge in [0, 0.05) is 13.1 Å². The molecule has 20 heavy (non-hydrogen) atoms. The Morgan fingerprint density at radius 2 is 1.65 bits per heavy atom. The highest BCUT2D eigenvalue weighted by Gasteiger charge is 2.37. The molecular formula is C16H31NO3. The third kappa shape index (κ3) is 5.41. The molecule has 0 saturated carbocycles.